The minimum absolute atomic E-state index is 0.581. The van der Waals surface area contributed by atoms with Crippen LogP contribution in [0.4, 0.5) is 0 Å². The minimum atomic E-state index is -0.762. The van der Waals surface area contributed by atoms with Gasteiger partial charge in [0.1, 0.15) is 6.10 Å². The van der Waals surface area contributed by atoms with Gasteiger partial charge in [-0.3, -0.25) is 0 Å². The van der Waals surface area contributed by atoms with Crippen LogP contribution < -0.4 is 0 Å². The molecule has 1 N–H and O–H groups in total. The third-order valence-corrected chi connectivity index (χ3v) is 1.39. The highest BCUT2D eigenvalue weighted by atomic mass is 32.2. The summed E-state index contributed by atoms with van der Waals surface area (Å²) in [6.45, 7) is 1.43. The van der Waals surface area contributed by atoms with Gasteiger partial charge in [-0.2, -0.15) is 22.3 Å². The molecule has 62 valence electrons. The summed E-state index contributed by atoms with van der Waals surface area (Å²) in [4.78, 5) is 0. The molecule has 11 heavy (non-hydrogen) atoms. The third kappa shape index (κ3) is 17.6. The van der Waals surface area contributed by atoms with Gasteiger partial charge in [0.15, 0.2) is 0 Å². The van der Waals surface area contributed by atoms with Gasteiger partial charge in [-0.25, -0.2) is 0 Å². The maximum Gasteiger partial charge on any atom is 0.141 e. The van der Waals surface area contributed by atoms with Crippen LogP contribution in [0, 0.1) is 22.7 Å². The van der Waals surface area contributed by atoms with E-state index in [1.54, 1.807) is 23.9 Å². The molecule has 4 heteroatoms. The Bertz CT molecular complexity index is 148. The monoisotopic (exact) mass is 172 g/mol. The number of aliphatic hydroxyl groups excluding tert-OH is 1. The molecular formula is C7H12N2OS. The zero-order valence-corrected chi connectivity index (χ0v) is 7.56. The summed E-state index contributed by atoms with van der Waals surface area (Å²) in [6, 6.07) is 3.49. The molecule has 0 fully saturated rings. The third-order valence-electron chi connectivity index (χ3n) is 0.744. The number of hydrogen-bond acceptors (Lipinski definition) is 4. The van der Waals surface area contributed by atoms with Gasteiger partial charge in [0, 0.05) is 6.92 Å². The molecule has 3 nitrogen and oxygen atoms in total. The van der Waals surface area contributed by atoms with Crippen molar-refractivity contribution in [3.8, 4) is 12.1 Å². The van der Waals surface area contributed by atoms with Crippen molar-refractivity contribution >= 4 is 11.8 Å². The van der Waals surface area contributed by atoms with Crippen LogP contribution in [0.5, 0.6) is 0 Å². The van der Waals surface area contributed by atoms with E-state index in [1.165, 1.54) is 6.92 Å². The lowest BCUT2D eigenvalue weighted by Crippen LogP contribution is -2.02. The number of nitrogens with zero attached hydrogens (tertiary/aromatic N) is 2. The molecule has 0 saturated heterocycles. The Morgan fingerprint density at radius 3 is 2.27 bits per heavy atom. The molecule has 0 aliphatic rings. The normalized spacial score (nSPS) is 9.91. The molecular weight excluding hydrogens is 160 g/mol. The number of nitriles is 2. The zero-order valence-electron chi connectivity index (χ0n) is 6.74. The first-order chi connectivity index (χ1) is 5.22. The molecule has 0 bridgehead atoms. The molecule has 0 aromatic rings. The van der Waals surface area contributed by atoms with Crippen molar-refractivity contribution in [2.45, 2.75) is 19.4 Å². The predicted octanol–water partition coefficient (Wildman–Crippen LogP) is 1.15. The first-order valence-electron chi connectivity index (χ1n) is 3.10. The number of hydrogen-bond donors (Lipinski definition) is 1. The highest BCUT2D eigenvalue weighted by Gasteiger charge is 1.97. The summed E-state index contributed by atoms with van der Waals surface area (Å²) >= 11 is 1.63. The van der Waals surface area contributed by atoms with Crippen LogP contribution >= 0.6 is 11.8 Å². The van der Waals surface area contributed by atoms with Crippen LogP contribution in [0.2, 0.25) is 0 Å². The van der Waals surface area contributed by atoms with Gasteiger partial charge in [-0.05, 0) is 18.4 Å². The van der Waals surface area contributed by atoms with Crippen molar-refractivity contribution in [3.05, 3.63) is 0 Å². The van der Waals surface area contributed by atoms with E-state index in [0.29, 0.717) is 6.42 Å². The lowest BCUT2D eigenvalue weighted by Gasteiger charge is -1.95. The highest BCUT2D eigenvalue weighted by Crippen LogP contribution is 1.98. The van der Waals surface area contributed by atoms with Crippen LogP contribution in [-0.4, -0.2) is 23.2 Å². The summed E-state index contributed by atoms with van der Waals surface area (Å²) < 4.78 is 0. The second-order valence-electron chi connectivity index (χ2n) is 1.65. The standard InChI is InChI=1S/C5H9NOS.C2H3N/c1-8-3-2-5(7)4-6;1-2-3/h5,7H,2-3H2,1H3;1H3. The van der Waals surface area contributed by atoms with Crippen molar-refractivity contribution in [2.75, 3.05) is 12.0 Å². The molecule has 0 spiro atoms. The van der Waals surface area contributed by atoms with Crippen LogP contribution in [0.1, 0.15) is 13.3 Å². The van der Waals surface area contributed by atoms with E-state index in [0.717, 1.165) is 5.75 Å². The maximum absolute atomic E-state index is 8.61. The molecule has 0 aliphatic heterocycles. The summed E-state index contributed by atoms with van der Waals surface area (Å²) in [5, 5.41) is 24.0. The molecule has 0 radical (unpaired) electrons. The van der Waals surface area contributed by atoms with E-state index in [-0.39, 0.29) is 0 Å². The Morgan fingerprint density at radius 2 is 2.00 bits per heavy atom. The number of rotatable bonds is 3. The molecule has 1 unspecified atom stereocenters. The van der Waals surface area contributed by atoms with Gasteiger partial charge in [0.05, 0.1) is 12.1 Å². The summed E-state index contributed by atoms with van der Waals surface area (Å²) in [6.07, 6.45) is 1.77. The van der Waals surface area contributed by atoms with Crippen LogP contribution in [-0.2, 0) is 0 Å². The lowest BCUT2D eigenvalue weighted by molar-refractivity contribution is 0.227. The van der Waals surface area contributed by atoms with Gasteiger partial charge in [0.25, 0.3) is 0 Å². The van der Waals surface area contributed by atoms with Gasteiger partial charge in [-0.15, -0.1) is 0 Å². The Labute approximate surface area is 71.6 Å². The average molecular weight is 172 g/mol. The van der Waals surface area contributed by atoms with Crippen molar-refractivity contribution in [3.63, 3.8) is 0 Å². The maximum atomic E-state index is 8.61. The molecule has 0 heterocycles. The number of thioether (sulfide) groups is 1. The Hall–Kier alpha value is -0.710. The van der Waals surface area contributed by atoms with E-state index in [1.807, 2.05) is 6.26 Å². The Kier molecular flexibility index (Phi) is 14.1. The largest absolute Gasteiger partial charge is 0.378 e. The van der Waals surface area contributed by atoms with E-state index in [2.05, 4.69) is 0 Å². The van der Waals surface area contributed by atoms with E-state index in [9.17, 15) is 0 Å². The lowest BCUT2D eigenvalue weighted by atomic mass is 10.3. The molecule has 0 amide bonds. The minimum Gasteiger partial charge on any atom is -0.378 e. The molecule has 1 atom stereocenters. The smallest absolute Gasteiger partial charge is 0.141 e. The van der Waals surface area contributed by atoms with Crippen molar-refractivity contribution in [1.82, 2.24) is 0 Å². The van der Waals surface area contributed by atoms with E-state index in [4.69, 9.17) is 15.6 Å². The zero-order chi connectivity index (χ0) is 9.11. The number of aliphatic hydroxyl groups is 1. The highest BCUT2D eigenvalue weighted by molar-refractivity contribution is 7.98. The second kappa shape index (κ2) is 12.0. The SMILES string of the molecule is CC#N.CSCCC(O)C#N. The van der Waals surface area contributed by atoms with Crippen molar-refractivity contribution < 1.29 is 5.11 Å². The molecule has 0 saturated carbocycles. The van der Waals surface area contributed by atoms with Gasteiger partial charge >= 0.3 is 0 Å². The fourth-order valence-electron chi connectivity index (χ4n) is 0.294. The van der Waals surface area contributed by atoms with Gasteiger partial charge in [-0.1, -0.05) is 0 Å². The van der Waals surface area contributed by atoms with Gasteiger partial charge in [0.2, 0.25) is 0 Å². The van der Waals surface area contributed by atoms with Crippen LogP contribution in [0.25, 0.3) is 0 Å². The molecule has 0 rings (SSSR count). The Balaban J connectivity index is 0. The first kappa shape index (κ1) is 12.9. The van der Waals surface area contributed by atoms with Crippen molar-refractivity contribution in [2.24, 2.45) is 0 Å². The van der Waals surface area contributed by atoms with Crippen LogP contribution in [0.15, 0.2) is 0 Å². The quantitative estimate of drug-likeness (QED) is 0.648. The molecule has 0 aromatic carbocycles. The summed E-state index contributed by atoms with van der Waals surface area (Å²) in [7, 11) is 0. The van der Waals surface area contributed by atoms with E-state index >= 15 is 0 Å². The topological polar surface area (TPSA) is 67.8 Å². The van der Waals surface area contributed by atoms with Crippen LogP contribution in [0.3, 0.4) is 0 Å². The fraction of sp³-hybridized carbons (Fsp3) is 0.714. The predicted molar refractivity (Wildman–Crippen MR) is 45.9 cm³/mol. The summed E-state index contributed by atoms with van der Waals surface area (Å²) in [5.74, 6) is 0.856. The first-order valence-corrected chi connectivity index (χ1v) is 4.49. The average Bonchev–Trinajstić information content (AvgIpc) is 2.02. The fourth-order valence-corrected chi connectivity index (χ4v) is 0.753. The van der Waals surface area contributed by atoms with Crippen molar-refractivity contribution in [1.29, 1.82) is 10.5 Å². The van der Waals surface area contributed by atoms with E-state index < -0.39 is 6.10 Å². The Morgan fingerprint density at radius 1 is 1.55 bits per heavy atom. The molecule has 0 aliphatic carbocycles. The van der Waals surface area contributed by atoms with Gasteiger partial charge < -0.3 is 5.11 Å². The molecule has 0 aromatic heterocycles. The second-order valence-corrected chi connectivity index (χ2v) is 2.64. The summed E-state index contributed by atoms with van der Waals surface area (Å²) in [5.41, 5.74) is 0.